The molecule has 2 N–H and O–H groups in total. The minimum atomic E-state index is 0.152. The van der Waals surface area contributed by atoms with E-state index in [-0.39, 0.29) is 6.04 Å². The average Bonchev–Trinajstić information content (AvgIpc) is 2.18. The zero-order chi connectivity index (χ0) is 11.3. The molecular weight excluding hydrogens is 254 g/mol. The fraction of sp³-hybridized carbons (Fsp3) is 0.500. The predicted molar refractivity (Wildman–Crippen MR) is 66.9 cm³/mol. The van der Waals surface area contributed by atoms with Crippen LogP contribution in [0.25, 0.3) is 0 Å². The van der Waals surface area contributed by atoms with Crippen LogP contribution >= 0.6 is 15.9 Å². The molecule has 1 aromatic rings. The van der Waals surface area contributed by atoms with Gasteiger partial charge in [-0.15, -0.1) is 0 Å². The zero-order valence-corrected chi connectivity index (χ0v) is 10.8. The van der Waals surface area contributed by atoms with E-state index >= 15 is 0 Å². The lowest BCUT2D eigenvalue weighted by Crippen LogP contribution is -2.33. The van der Waals surface area contributed by atoms with E-state index in [1.165, 1.54) is 5.56 Å². The van der Waals surface area contributed by atoms with Gasteiger partial charge in [0.1, 0.15) is 0 Å². The van der Waals surface area contributed by atoms with E-state index in [0.29, 0.717) is 5.92 Å². The third-order valence-electron chi connectivity index (χ3n) is 2.52. The van der Waals surface area contributed by atoms with Gasteiger partial charge >= 0.3 is 0 Å². The summed E-state index contributed by atoms with van der Waals surface area (Å²) in [5.74, 6) is 0.383. The van der Waals surface area contributed by atoms with E-state index in [4.69, 9.17) is 10.5 Å². The van der Waals surface area contributed by atoms with Gasteiger partial charge in [-0.2, -0.15) is 0 Å². The minimum Gasteiger partial charge on any atom is -0.384 e. The summed E-state index contributed by atoms with van der Waals surface area (Å²) in [7, 11) is 1.71. The van der Waals surface area contributed by atoms with E-state index in [1.54, 1.807) is 7.11 Å². The van der Waals surface area contributed by atoms with Crippen molar-refractivity contribution in [3.05, 3.63) is 34.3 Å². The Bertz CT molecular complexity index is 303. The van der Waals surface area contributed by atoms with Gasteiger partial charge in [0.2, 0.25) is 0 Å². The largest absolute Gasteiger partial charge is 0.384 e. The molecule has 0 saturated carbocycles. The van der Waals surface area contributed by atoms with Crippen LogP contribution in [0.3, 0.4) is 0 Å². The lowest BCUT2D eigenvalue weighted by Gasteiger charge is -2.19. The molecule has 0 heterocycles. The highest BCUT2D eigenvalue weighted by Gasteiger charge is 2.12. The van der Waals surface area contributed by atoms with E-state index in [9.17, 15) is 0 Å². The third-order valence-corrected chi connectivity index (χ3v) is 3.01. The number of methoxy groups -OCH3 is 1. The molecule has 0 aromatic heterocycles. The fourth-order valence-electron chi connectivity index (χ4n) is 1.52. The summed E-state index contributed by atoms with van der Waals surface area (Å²) in [6.45, 7) is 2.83. The number of nitrogens with two attached hydrogens (primary N) is 1. The molecule has 1 aromatic carbocycles. The third kappa shape index (κ3) is 4.33. The Labute approximate surface area is 99.9 Å². The number of halogens is 1. The number of hydrogen-bond donors (Lipinski definition) is 1. The maximum absolute atomic E-state index is 6.09. The van der Waals surface area contributed by atoms with E-state index in [1.807, 2.05) is 12.1 Å². The first-order chi connectivity index (χ1) is 7.13. The van der Waals surface area contributed by atoms with Gasteiger partial charge in [-0.1, -0.05) is 35.0 Å². The van der Waals surface area contributed by atoms with Crippen molar-refractivity contribution in [3.8, 4) is 0 Å². The highest BCUT2D eigenvalue weighted by Crippen LogP contribution is 2.14. The molecule has 0 radical (unpaired) electrons. The van der Waals surface area contributed by atoms with E-state index in [2.05, 4.69) is 35.0 Å². The summed E-state index contributed by atoms with van der Waals surface area (Å²) < 4.78 is 6.20. The van der Waals surface area contributed by atoms with Crippen molar-refractivity contribution in [1.29, 1.82) is 0 Å². The van der Waals surface area contributed by atoms with Crippen molar-refractivity contribution in [1.82, 2.24) is 0 Å². The molecule has 15 heavy (non-hydrogen) atoms. The van der Waals surface area contributed by atoms with Crippen LogP contribution < -0.4 is 5.73 Å². The van der Waals surface area contributed by atoms with E-state index < -0.39 is 0 Å². The van der Waals surface area contributed by atoms with Gasteiger partial charge in [-0.05, 0) is 30.0 Å². The SMILES string of the molecule is COCC(C)C(N)Cc1cccc(Br)c1. The topological polar surface area (TPSA) is 35.2 Å². The molecule has 0 fully saturated rings. The van der Waals surface area contributed by atoms with Crippen LogP contribution in [0.2, 0.25) is 0 Å². The second kappa shape index (κ2) is 6.26. The molecule has 0 aliphatic carbocycles. The molecule has 0 saturated heterocycles. The molecule has 0 aliphatic heterocycles. The minimum absolute atomic E-state index is 0.152. The highest BCUT2D eigenvalue weighted by molar-refractivity contribution is 9.10. The van der Waals surface area contributed by atoms with Crippen LogP contribution in [0.15, 0.2) is 28.7 Å². The van der Waals surface area contributed by atoms with Crippen LogP contribution in [-0.4, -0.2) is 19.8 Å². The van der Waals surface area contributed by atoms with Gasteiger partial charge in [-0.3, -0.25) is 0 Å². The van der Waals surface area contributed by atoms with Gasteiger partial charge in [0.05, 0.1) is 6.61 Å². The Morgan fingerprint density at radius 3 is 2.80 bits per heavy atom. The summed E-state index contributed by atoms with van der Waals surface area (Å²) in [6.07, 6.45) is 0.893. The maximum atomic E-state index is 6.09. The van der Waals surface area contributed by atoms with Gasteiger partial charge in [-0.25, -0.2) is 0 Å². The van der Waals surface area contributed by atoms with Gasteiger partial charge < -0.3 is 10.5 Å². The van der Waals surface area contributed by atoms with Crippen molar-refractivity contribution in [3.63, 3.8) is 0 Å². The Morgan fingerprint density at radius 1 is 1.47 bits per heavy atom. The number of ether oxygens (including phenoxy) is 1. The Hall–Kier alpha value is -0.380. The monoisotopic (exact) mass is 271 g/mol. The molecule has 1 rings (SSSR count). The van der Waals surface area contributed by atoms with Crippen molar-refractivity contribution in [2.24, 2.45) is 11.7 Å². The second-order valence-electron chi connectivity index (χ2n) is 3.93. The van der Waals surface area contributed by atoms with Crippen molar-refractivity contribution in [2.45, 2.75) is 19.4 Å². The number of hydrogen-bond acceptors (Lipinski definition) is 2. The van der Waals surface area contributed by atoms with Crippen LogP contribution in [0.5, 0.6) is 0 Å². The zero-order valence-electron chi connectivity index (χ0n) is 9.24. The van der Waals surface area contributed by atoms with Gasteiger partial charge in [0.25, 0.3) is 0 Å². The summed E-state index contributed by atoms with van der Waals surface area (Å²) in [6, 6.07) is 8.42. The van der Waals surface area contributed by atoms with Crippen LogP contribution in [-0.2, 0) is 11.2 Å². The first-order valence-corrected chi connectivity index (χ1v) is 5.91. The molecule has 0 spiro atoms. The summed E-state index contributed by atoms with van der Waals surface area (Å²) in [5, 5.41) is 0. The molecule has 84 valence electrons. The number of benzene rings is 1. The molecule has 2 nitrogen and oxygen atoms in total. The first-order valence-electron chi connectivity index (χ1n) is 5.12. The van der Waals surface area contributed by atoms with Crippen LogP contribution in [0.4, 0.5) is 0 Å². The lowest BCUT2D eigenvalue weighted by molar-refractivity contribution is 0.147. The lowest BCUT2D eigenvalue weighted by atomic mass is 9.96. The Morgan fingerprint density at radius 2 is 2.20 bits per heavy atom. The molecule has 0 aliphatic rings. The molecule has 2 atom stereocenters. The van der Waals surface area contributed by atoms with Gasteiger partial charge in [0.15, 0.2) is 0 Å². The highest BCUT2D eigenvalue weighted by atomic mass is 79.9. The molecule has 2 unspecified atom stereocenters. The Kier molecular flexibility index (Phi) is 5.29. The molecule has 0 amide bonds. The van der Waals surface area contributed by atoms with Crippen molar-refractivity contribution >= 4 is 15.9 Å². The standard InChI is InChI=1S/C12H18BrNO/c1-9(8-15-2)12(14)7-10-4-3-5-11(13)6-10/h3-6,9,12H,7-8,14H2,1-2H3. The first kappa shape index (κ1) is 12.7. The van der Waals surface area contributed by atoms with Crippen LogP contribution in [0.1, 0.15) is 12.5 Å². The second-order valence-corrected chi connectivity index (χ2v) is 4.85. The quantitative estimate of drug-likeness (QED) is 0.894. The fourth-order valence-corrected chi connectivity index (χ4v) is 1.97. The molecule has 0 bridgehead atoms. The maximum Gasteiger partial charge on any atom is 0.0502 e. The van der Waals surface area contributed by atoms with Crippen molar-refractivity contribution < 1.29 is 4.74 Å². The molecule has 3 heteroatoms. The molecular formula is C12H18BrNO. The summed E-state index contributed by atoms with van der Waals surface area (Å²) in [5.41, 5.74) is 7.35. The number of rotatable bonds is 5. The normalized spacial score (nSPS) is 14.9. The average molecular weight is 272 g/mol. The summed E-state index contributed by atoms with van der Waals surface area (Å²) in [4.78, 5) is 0. The Balaban J connectivity index is 2.54. The van der Waals surface area contributed by atoms with Crippen LogP contribution in [0, 0.1) is 5.92 Å². The smallest absolute Gasteiger partial charge is 0.0502 e. The summed E-state index contributed by atoms with van der Waals surface area (Å²) >= 11 is 3.45. The predicted octanol–water partition coefficient (Wildman–Crippen LogP) is 2.60. The van der Waals surface area contributed by atoms with Crippen molar-refractivity contribution in [2.75, 3.05) is 13.7 Å². The van der Waals surface area contributed by atoms with Gasteiger partial charge in [0, 0.05) is 17.6 Å². The van der Waals surface area contributed by atoms with E-state index in [0.717, 1.165) is 17.5 Å².